The van der Waals surface area contributed by atoms with Gasteiger partial charge in [-0.2, -0.15) is 0 Å². The van der Waals surface area contributed by atoms with Crippen molar-refractivity contribution in [3.8, 4) is 10.6 Å². The molecule has 1 aromatic carbocycles. The molecule has 1 N–H and O–H groups in total. The van der Waals surface area contributed by atoms with Gasteiger partial charge >= 0.3 is 5.97 Å². The van der Waals surface area contributed by atoms with Gasteiger partial charge in [-0.1, -0.05) is 29.3 Å². The van der Waals surface area contributed by atoms with Crippen LogP contribution in [0.4, 0.5) is 0 Å². The van der Waals surface area contributed by atoms with Crippen LogP contribution in [-0.2, 0) is 0 Å². The molecule has 0 aliphatic heterocycles. The number of aromatic nitrogens is 1. The second-order valence-electron chi connectivity index (χ2n) is 3.76. The largest absolute Gasteiger partial charge is 0.477 e. The van der Waals surface area contributed by atoms with Gasteiger partial charge in [0.05, 0.1) is 0 Å². The first-order valence-electron chi connectivity index (χ1n) is 4.96. The third-order valence-electron chi connectivity index (χ3n) is 2.40. The monoisotopic (exact) mass is 267 g/mol. The Bertz CT molecular complexity index is 592. The summed E-state index contributed by atoms with van der Waals surface area (Å²) in [6, 6.07) is 5.97. The summed E-state index contributed by atoms with van der Waals surface area (Å²) in [7, 11) is 0. The lowest BCUT2D eigenvalue weighted by Gasteiger charge is -2.02. The molecule has 17 heavy (non-hydrogen) atoms. The van der Waals surface area contributed by atoms with Crippen molar-refractivity contribution < 1.29 is 9.90 Å². The van der Waals surface area contributed by atoms with Crippen molar-refractivity contribution in [3.63, 3.8) is 0 Å². The van der Waals surface area contributed by atoms with Gasteiger partial charge in [-0.3, -0.25) is 0 Å². The molecule has 0 fully saturated rings. The van der Waals surface area contributed by atoms with Crippen LogP contribution < -0.4 is 0 Å². The Balaban J connectivity index is 2.57. The van der Waals surface area contributed by atoms with Crippen LogP contribution in [0.2, 0.25) is 5.15 Å². The van der Waals surface area contributed by atoms with Crippen LogP contribution in [0, 0.1) is 13.8 Å². The summed E-state index contributed by atoms with van der Waals surface area (Å²) in [6.45, 7) is 3.95. The number of halogens is 1. The number of thiazole rings is 1. The van der Waals surface area contributed by atoms with Gasteiger partial charge in [-0.25, -0.2) is 9.78 Å². The number of rotatable bonds is 2. The summed E-state index contributed by atoms with van der Waals surface area (Å²) >= 11 is 6.90. The van der Waals surface area contributed by atoms with Crippen LogP contribution in [0.1, 0.15) is 20.8 Å². The van der Waals surface area contributed by atoms with Crippen molar-refractivity contribution >= 4 is 28.9 Å². The van der Waals surface area contributed by atoms with Gasteiger partial charge in [0.1, 0.15) is 5.01 Å². The quantitative estimate of drug-likeness (QED) is 0.901. The Labute approximate surface area is 108 Å². The Morgan fingerprint density at radius 1 is 1.41 bits per heavy atom. The molecule has 0 saturated carbocycles. The van der Waals surface area contributed by atoms with Crippen molar-refractivity contribution in [3.05, 3.63) is 39.4 Å². The van der Waals surface area contributed by atoms with Gasteiger partial charge in [0.25, 0.3) is 0 Å². The molecule has 0 unspecified atom stereocenters. The van der Waals surface area contributed by atoms with Gasteiger partial charge in [-0.05, 0) is 25.5 Å². The van der Waals surface area contributed by atoms with Crippen molar-refractivity contribution in [2.24, 2.45) is 0 Å². The van der Waals surface area contributed by atoms with Gasteiger partial charge in [0.2, 0.25) is 0 Å². The number of carboxylic acid groups (broad SMARTS) is 1. The highest BCUT2D eigenvalue weighted by molar-refractivity contribution is 7.17. The Morgan fingerprint density at radius 3 is 2.71 bits per heavy atom. The number of aryl methyl sites for hydroxylation is 2. The molecule has 0 amide bonds. The van der Waals surface area contributed by atoms with E-state index in [-0.39, 0.29) is 10.0 Å². The lowest BCUT2D eigenvalue weighted by Crippen LogP contribution is -1.91. The maximum atomic E-state index is 10.9. The van der Waals surface area contributed by atoms with Crippen molar-refractivity contribution in [2.45, 2.75) is 13.8 Å². The number of carboxylic acids is 1. The van der Waals surface area contributed by atoms with Crippen molar-refractivity contribution in [1.82, 2.24) is 4.98 Å². The number of nitrogens with zero attached hydrogens (tertiary/aromatic N) is 1. The van der Waals surface area contributed by atoms with E-state index in [0.717, 1.165) is 28.0 Å². The van der Waals surface area contributed by atoms with Gasteiger partial charge in [-0.15, -0.1) is 11.3 Å². The normalized spacial score (nSPS) is 10.5. The maximum Gasteiger partial charge on any atom is 0.349 e. The van der Waals surface area contributed by atoms with E-state index in [2.05, 4.69) is 4.98 Å². The number of carbonyl (C=O) groups is 1. The number of benzene rings is 1. The molecule has 2 rings (SSSR count). The molecule has 1 heterocycles. The van der Waals surface area contributed by atoms with Gasteiger partial charge in [0, 0.05) is 5.56 Å². The summed E-state index contributed by atoms with van der Waals surface area (Å²) in [4.78, 5) is 15.1. The zero-order chi connectivity index (χ0) is 12.6. The van der Waals surface area contributed by atoms with Crippen molar-refractivity contribution in [2.75, 3.05) is 0 Å². The van der Waals surface area contributed by atoms with Crippen LogP contribution in [-0.4, -0.2) is 16.1 Å². The molecular formula is C12H10ClNO2S. The van der Waals surface area contributed by atoms with Crippen LogP contribution in [0.3, 0.4) is 0 Å². The standard InChI is InChI=1S/C12H10ClNO2S/c1-6-3-4-7(2)8(5-6)11-14-10(13)9(17-11)12(15)16/h3-5H,1-2H3,(H,15,16). The number of hydrogen-bond acceptors (Lipinski definition) is 3. The predicted octanol–water partition coefficient (Wildman–Crippen LogP) is 3.78. The second-order valence-corrected chi connectivity index (χ2v) is 5.12. The highest BCUT2D eigenvalue weighted by Crippen LogP contribution is 2.33. The maximum absolute atomic E-state index is 10.9. The highest BCUT2D eigenvalue weighted by Gasteiger charge is 2.17. The predicted molar refractivity (Wildman–Crippen MR) is 69.0 cm³/mol. The molecule has 3 nitrogen and oxygen atoms in total. The lowest BCUT2D eigenvalue weighted by molar-refractivity contribution is 0.0702. The first-order valence-corrected chi connectivity index (χ1v) is 6.15. The van der Waals surface area contributed by atoms with Gasteiger partial charge in [0.15, 0.2) is 10.0 Å². The first-order chi connectivity index (χ1) is 7.99. The SMILES string of the molecule is Cc1ccc(C)c(-c2nc(Cl)c(C(=O)O)s2)c1. The Kier molecular flexibility index (Phi) is 3.17. The smallest absolute Gasteiger partial charge is 0.349 e. The molecule has 0 saturated heterocycles. The zero-order valence-corrected chi connectivity index (χ0v) is 10.9. The van der Waals surface area contributed by atoms with E-state index in [0.29, 0.717) is 5.01 Å². The van der Waals surface area contributed by atoms with Gasteiger partial charge < -0.3 is 5.11 Å². The fraction of sp³-hybridized carbons (Fsp3) is 0.167. The summed E-state index contributed by atoms with van der Waals surface area (Å²) in [5, 5.41) is 9.64. The fourth-order valence-corrected chi connectivity index (χ4v) is 2.72. The van der Waals surface area contributed by atoms with Crippen molar-refractivity contribution in [1.29, 1.82) is 0 Å². The molecule has 0 radical (unpaired) electrons. The van der Waals surface area contributed by atoms with E-state index in [1.54, 1.807) is 0 Å². The molecular weight excluding hydrogens is 258 g/mol. The summed E-state index contributed by atoms with van der Waals surface area (Å²) in [5.41, 5.74) is 3.09. The first kappa shape index (κ1) is 12.1. The molecule has 1 aromatic heterocycles. The zero-order valence-electron chi connectivity index (χ0n) is 9.32. The van der Waals surface area contributed by atoms with E-state index < -0.39 is 5.97 Å². The molecule has 5 heteroatoms. The van der Waals surface area contributed by atoms with E-state index in [1.165, 1.54) is 0 Å². The lowest BCUT2D eigenvalue weighted by atomic mass is 10.1. The highest BCUT2D eigenvalue weighted by atomic mass is 35.5. The Hall–Kier alpha value is -1.39. The topological polar surface area (TPSA) is 50.2 Å². The second kappa shape index (κ2) is 4.47. The van der Waals surface area contributed by atoms with Crippen LogP contribution >= 0.6 is 22.9 Å². The average Bonchev–Trinajstić information content (AvgIpc) is 2.64. The summed E-state index contributed by atoms with van der Waals surface area (Å²) < 4.78 is 0. The summed E-state index contributed by atoms with van der Waals surface area (Å²) in [5.74, 6) is -1.04. The molecule has 0 bridgehead atoms. The summed E-state index contributed by atoms with van der Waals surface area (Å²) in [6.07, 6.45) is 0. The molecule has 0 aliphatic carbocycles. The molecule has 0 spiro atoms. The fourth-order valence-electron chi connectivity index (χ4n) is 1.51. The van der Waals surface area contributed by atoms with Crippen LogP contribution in [0.15, 0.2) is 18.2 Å². The third kappa shape index (κ3) is 2.33. The Morgan fingerprint density at radius 2 is 2.12 bits per heavy atom. The van der Waals surface area contributed by atoms with E-state index in [4.69, 9.17) is 16.7 Å². The minimum atomic E-state index is -1.04. The molecule has 88 valence electrons. The molecule has 2 aromatic rings. The van der Waals surface area contributed by atoms with E-state index in [9.17, 15) is 4.79 Å². The van der Waals surface area contributed by atoms with E-state index >= 15 is 0 Å². The molecule has 0 atom stereocenters. The van der Waals surface area contributed by atoms with Crippen LogP contribution in [0.5, 0.6) is 0 Å². The number of aromatic carboxylic acids is 1. The number of hydrogen-bond donors (Lipinski definition) is 1. The third-order valence-corrected chi connectivity index (χ3v) is 3.87. The average molecular weight is 268 g/mol. The minimum absolute atomic E-state index is 0.0541. The van der Waals surface area contributed by atoms with E-state index in [1.807, 2.05) is 32.0 Å². The molecule has 0 aliphatic rings. The van der Waals surface area contributed by atoms with Crippen LogP contribution in [0.25, 0.3) is 10.6 Å². The minimum Gasteiger partial charge on any atom is -0.477 e.